The highest BCUT2D eigenvalue weighted by molar-refractivity contribution is 5.74. The van der Waals surface area contributed by atoms with Gasteiger partial charge in [0.1, 0.15) is 0 Å². The Balaban J connectivity index is 3.62. The minimum Gasteiger partial charge on any atom is -0.479 e. The molecule has 0 aliphatic carbocycles. The fourth-order valence-corrected chi connectivity index (χ4v) is 1.30. The number of hydrogen-bond donors (Lipinski definition) is 4. The summed E-state index contributed by atoms with van der Waals surface area (Å²) in [6.45, 7) is 4.14. The molecule has 100 valence electrons. The van der Waals surface area contributed by atoms with Gasteiger partial charge in [-0.15, -0.1) is 0 Å². The van der Waals surface area contributed by atoms with Crippen molar-refractivity contribution in [2.24, 2.45) is 0 Å². The second kappa shape index (κ2) is 8.81. The van der Waals surface area contributed by atoms with Crippen LogP contribution in [0.15, 0.2) is 0 Å². The molecule has 2 atom stereocenters. The maximum Gasteiger partial charge on any atom is 0.332 e. The maximum atomic E-state index is 11.3. The lowest BCUT2D eigenvalue weighted by Crippen LogP contribution is -2.42. The summed E-state index contributed by atoms with van der Waals surface area (Å²) in [5, 5.41) is 22.6. The van der Waals surface area contributed by atoms with Gasteiger partial charge in [0.2, 0.25) is 0 Å². The van der Waals surface area contributed by atoms with Gasteiger partial charge in [-0.05, 0) is 13.3 Å². The Labute approximate surface area is 101 Å². The lowest BCUT2D eigenvalue weighted by atomic mass is 10.1. The van der Waals surface area contributed by atoms with E-state index in [2.05, 4.69) is 17.6 Å². The number of urea groups is 1. The average molecular weight is 246 g/mol. The van der Waals surface area contributed by atoms with Crippen LogP contribution in [0.1, 0.15) is 39.5 Å². The van der Waals surface area contributed by atoms with Crippen LogP contribution >= 0.6 is 0 Å². The number of carbonyl (C=O) groups is 2. The molecule has 2 unspecified atom stereocenters. The Hall–Kier alpha value is -1.30. The van der Waals surface area contributed by atoms with E-state index in [-0.39, 0.29) is 25.0 Å². The van der Waals surface area contributed by atoms with E-state index in [4.69, 9.17) is 10.2 Å². The number of aliphatic hydroxyl groups is 1. The van der Waals surface area contributed by atoms with Crippen LogP contribution in [0.4, 0.5) is 4.79 Å². The van der Waals surface area contributed by atoms with Crippen molar-refractivity contribution in [1.82, 2.24) is 10.6 Å². The Morgan fingerprint density at radius 2 is 1.94 bits per heavy atom. The van der Waals surface area contributed by atoms with E-state index in [9.17, 15) is 9.59 Å². The molecule has 6 nitrogen and oxygen atoms in total. The summed E-state index contributed by atoms with van der Waals surface area (Å²) in [5.41, 5.74) is 0. The third-order valence-electron chi connectivity index (χ3n) is 2.36. The second-order valence-corrected chi connectivity index (χ2v) is 4.09. The third-order valence-corrected chi connectivity index (χ3v) is 2.36. The molecule has 0 rings (SSSR count). The van der Waals surface area contributed by atoms with Crippen molar-refractivity contribution >= 4 is 12.0 Å². The summed E-state index contributed by atoms with van der Waals surface area (Å²) < 4.78 is 0. The summed E-state index contributed by atoms with van der Waals surface area (Å²) in [6, 6.07) is -0.231. The van der Waals surface area contributed by atoms with Gasteiger partial charge in [0.05, 0.1) is 0 Å². The molecule has 0 aromatic rings. The molecule has 0 aliphatic rings. The lowest BCUT2D eigenvalue weighted by molar-refractivity contribution is -0.146. The summed E-state index contributed by atoms with van der Waals surface area (Å²) in [7, 11) is 0. The molecule has 0 spiro atoms. The standard InChI is InChI=1S/C11H22N2O4/c1-3-4-5-8(2)13-11(17)12-7-6-9(14)10(15)16/h8-9,14H,3-7H2,1-2H3,(H,15,16)(H2,12,13,17). The summed E-state index contributed by atoms with van der Waals surface area (Å²) in [4.78, 5) is 21.6. The summed E-state index contributed by atoms with van der Waals surface area (Å²) in [6.07, 6.45) is 1.64. The fraction of sp³-hybridized carbons (Fsp3) is 0.818. The number of hydrogen-bond acceptors (Lipinski definition) is 3. The zero-order valence-corrected chi connectivity index (χ0v) is 10.4. The van der Waals surface area contributed by atoms with Crippen LogP contribution in [0, 0.1) is 0 Å². The second-order valence-electron chi connectivity index (χ2n) is 4.09. The van der Waals surface area contributed by atoms with E-state index in [1.165, 1.54) is 0 Å². The molecular formula is C11H22N2O4. The van der Waals surface area contributed by atoms with Crippen LogP contribution in [0.3, 0.4) is 0 Å². The quantitative estimate of drug-likeness (QED) is 0.506. The van der Waals surface area contributed by atoms with Gasteiger partial charge in [-0.3, -0.25) is 0 Å². The monoisotopic (exact) mass is 246 g/mol. The zero-order valence-electron chi connectivity index (χ0n) is 10.4. The number of carboxylic acid groups (broad SMARTS) is 1. The number of amides is 2. The first-order valence-corrected chi connectivity index (χ1v) is 5.92. The molecule has 0 saturated heterocycles. The summed E-state index contributed by atoms with van der Waals surface area (Å²) in [5.74, 6) is -1.27. The highest BCUT2D eigenvalue weighted by atomic mass is 16.4. The molecule has 2 amide bonds. The maximum absolute atomic E-state index is 11.3. The molecule has 0 saturated carbocycles. The Morgan fingerprint density at radius 1 is 1.29 bits per heavy atom. The van der Waals surface area contributed by atoms with E-state index >= 15 is 0 Å². The largest absolute Gasteiger partial charge is 0.479 e. The molecule has 0 aromatic carbocycles. The van der Waals surface area contributed by atoms with Gasteiger partial charge in [-0.1, -0.05) is 19.8 Å². The number of carboxylic acids is 1. The Kier molecular flexibility index (Phi) is 8.13. The molecule has 0 bridgehead atoms. The molecule has 0 heterocycles. The Bertz CT molecular complexity index is 246. The van der Waals surface area contributed by atoms with Gasteiger partial charge >= 0.3 is 12.0 Å². The average Bonchev–Trinajstić information content (AvgIpc) is 2.25. The minimum atomic E-state index is -1.42. The number of rotatable bonds is 8. The van der Waals surface area contributed by atoms with Gasteiger partial charge in [0.25, 0.3) is 0 Å². The molecule has 0 aromatic heterocycles. The molecular weight excluding hydrogens is 224 g/mol. The number of aliphatic hydroxyl groups excluding tert-OH is 1. The molecule has 0 radical (unpaired) electrons. The number of carbonyl (C=O) groups excluding carboxylic acids is 1. The normalized spacial score (nSPS) is 13.8. The first kappa shape index (κ1) is 15.7. The van der Waals surface area contributed by atoms with Crippen molar-refractivity contribution < 1.29 is 19.8 Å². The molecule has 17 heavy (non-hydrogen) atoms. The minimum absolute atomic E-state index is 0.00605. The van der Waals surface area contributed by atoms with E-state index < -0.39 is 12.1 Å². The van der Waals surface area contributed by atoms with Gasteiger partial charge < -0.3 is 20.8 Å². The predicted molar refractivity (Wildman–Crippen MR) is 63.8 cm³/mol. The van der Waals surface area contributed by atoms with Gasteiger partial charge in [0, 0.05) is 19.0 Å². The van der Waals surface area contributed by atoms with Crippen LogP contribution in [0.25, 0.3) is 0 Å². The van der Waals surface area contributed by atoms with Crippen LogP contribution in [-0.2, 0) is 4.79 Å². The summed E-state index contributed by atoms with van der Waals surface area (Å²) >= 11 is 0. The van der Waals surface area contributed by atoms with Crippen molar-refractivity contribution in [1.29, 1.82) is 0 Å². The molecule has 0 fully saturated rings. The topological polar surface area (TPSA) is 98.7 Å². The number of nitrogens with one attached hydrogen (secondary N) is 2. The molecule has 4 N–H and O–H groups in total. The van der Waals surface area contributed by atoms with Crippen molar-refractivity contribution in [3.05, 3.63) is 0 Å². The van der Waals surface area contributed by atoms with Crippen LogP contribution in [0.5, 0.6) is 0 Å². The van der Waals surface area contributed by atoms with E-state index in [0.29, 0.717) is 0 Å². The highest BCUT2D eigenvalue weighted by Gasteiger charge is 2.13. The SMILES string of the molecule is CCCCC(C)NC(=O)NCCC(O)C(=O)O. The fourth-order valence-electron chi connectivity index (χ4n) is 1.30. The van der Waals surface area contributed by atoms with Gasteiger partial charge in [-0.25, -0.2) is 9.59 Å². The third kappa shape index (κ3) is 8.50. The van der Waals surface area contributed by atoms with E-state index in [0.717, 1.165) is 19.3 Å². The Morgan fingerprint density at radius 3 is 2.47 bits per heavy atom. The number of aliphatic carboxylic acids is 1. The first-order chi connectivity index (χ1) is 7.97. The zero-order chi connectivity index (χ0) is 13.3. The van der Waals surface area contributed by atoms with Crippen molar-refractivity contribution in [2.75, 3.05) is 6.54 Å². The van der Waals surface area contributed by atoms with E-state index in [1.54, 1.807) is 0 Å². The van der Waals surface area contributed by atoms with Gasteiger partial charge in [-0.2, -0.15) is 0 Å². The van der Waals surface area contributed by atoms with Crippen molar-refractivity contribution in [2.45, 2.75) is 51.7 Å². The lowest BCUT2D eigenvalue weighted by Gasteiger charge is -2.14. The van der Waals surface area contributed by atoms with Gasteiger partial charge in [0.15, 0.2) is 6.10 Å². The van der Waals surface area contributed by atoms with Crippen LogP contribution in [0.2, 0.25) is 0 Å². The van der Waals surface area contributed by atoms with E-state index in [1.807, 2.05) is 6.92 Å². The number of unbranched alkanes of at least 4 members (excludes halogenated alkanes) is 1. The predicted octanol–water partition coefficient (Wildman–Crippen LogP) is 0.700. The van der Waals surface area contributed by atoms with Crippen LogP contribution in [-0.4, -0.2) is 40.9 Å². The highest BCUT2D eigenvalue weighted by Crippen LogP contribution is 1.99. The van der Waals surface area contributed by atoms with Crippen molar-refractivity contribution in [3.8, 4) is 0 Å². The molecule has 0 aliphatic heterocycles. The van der Waals surface area contributed by atoms with Crippen molar-refractivity contribution in [3.63, 3.8) is 0 Å². The molecule has 6 heteroatoms. The first-order valence-electron chi connectivity index (χ1n) is 5.92. The van der Waals surface area contributed by atoms with Crippen LogP contribution < -0.4 is 10.6 Å². The smallest absolute Gasteiger partial charge is 0.332 e.